The van der Waals surface area contributed by atoms with Crippen LogP contribution < -0.4 is 15.4 Å². The van der Waals surface area contributed by atoms with Crippen LogP contribution in [0.25, 0.3) is 11.4 Å². The second-order valence-electron chi connectivity index (χ2n) is 6.75. The topological polar surface area (TPSA) is 110 Å². The van der Waals surface area contributed by atoms with Crippen LogP contribution in [0.2, 0.25) is 0 Å². The lowest BCUT2D eigenvalue weighted by Crippen LogP contribution is -2.54. The molecular formula is C19H24ClN7O2. The van der Waals surface area contributed by atoms with Crippen molar-refractivity contribution in [3.05, 3.63) is 48.5 Å². The highest BCUT2D eigenvalue weighted by atomic mass is 35.5. The SMILES string of the molecule is COc1ccc(-c2n[nH]c(CNC(=O)C3(n4cccn4)CCNCC3)n2)cc1.Cl. The van der Waals surface area contributed by atoms with Crippen molar-refractivity contribution in [1.29, 1.82) is 0 Å². The van der Waals surface area contributed by atoms with E-state index in [2.05, 4.69) is 30.9 Å². The maximum absolute atomic E-state index is 13.1. The number of carbonyl (C=O) groups excluding carboxylic acids is 1. The number of hydrogen-bond donors (Lipinski definition) is 3. The standard InChI is InChI=1S/C19H23N7O2.ClH/c1-28-15-5-3-14(4-6-15)17-23-16(24-25-17)13-21-18(27)19(7-10-20-11-8-19)26-12-2-9-22-26;/h2-6,9,12,20H,7-8,10-11,13H2,1H3,(H,21,27)(H,23,24,25);1H. The van der Waals surface area contributed by atoms with Crippen LogP contribution in [-0.2, 0) is 16.9 Å². The number of piperidine rings is 1. The Morgan fingerprint density at radius 3 is 2.69 bits per heavy atom. The lowest BCUT2D eigenvalue weighted by Gasteiger charge is -2.36. The van der Waals surface area contributed by atoms with Gasteiger partial charge in [0.15, 0.2) is 5.82 Å². The summed E-state index contributed by atoms with van der Waals surface area (Å²) in [5.74, 6) is 1.90. The van der Waals surface area contributed by atoms with E-state index in [0.29, 0.717) is 24.5 Å². The lowest BCUT2D eigenvalue weighted by molar-refractivity contribution is -0.132. The molecule has 154 valence electrons. The molecule has 0 unspecified atom stereocenters. The third-order valence-electron chi connectivity index (χ3n) is 5.09. The molecule has 0 saturated carbocycles. The Morgan fingerprint density at radius 2 is 2.03 bits per heavy atom. The van der Waals surface area contributed by atoms with Crippen LogP contribution in [-0.4, -0.2) is 51.1 Å². The Morgan fingerprint density at radius 1 is 1.28 bits per heavy atom. The van der Waals surface area contributed by atoms with Crippen molar-refractivity contribution in [3.8, 4) is 17.1 Å². The van der Waals surface area contributed by atoms with Crippen LogP contribution in [0.1, 0.15) is 18.7 Å². The summed E-state index contributed by atoms with van der Waals surface area (Å²) in [6.07, 6.45) is 4.93. The second-order valence-corrected chi connectivity index (χ2v) is 6.75. The fraction of sp³-hybridized carbons (Fsp3) is 0.368. The number of nitrogens with zero attached hydrogens (tertiary/aromatic N) is 4. The summed E-state index contributed by atoms with van der Waals surface area (Å²) in [6.45, 7) is 1.83. The van der Waals surface area contributed by atoms with E-state index in [1.54, 1.807) is 18.0 Å². The van der Waals surface area contributed by atoms with Crippen molar-refractivity contribution >= 4 is 18.3 Å². The molecule has 3 heterocycles. The van der Waals surface area contributed by atoms with Crippen LogP contribution >= 0.6 is 12.4 Å². The highest BCUT2D eigenvalue weighted by Gasteiger charge is 2.41. The van der Waals surface area contributed by atoms with E-state index in [4.69, 9.17) is 4.74 Å². The first-order valence-electron chi connectivity index (χ1n) is 9.26. The number of amides is 1. The number of methoxy groups -OCH3 is 1. The van der Waals surface area contributed by atoms with Gasteiger partial charge >= 0.3 is 0 Å². The molecule has 0 radical (unpaired) electrons. The summed E-state index contributed by atoms with van der Waals surface area (Å²) in [5, 5.41) is 17.8. The van der Waals surface area contributed by atoms with Crippen LogP contribution in [0.5, 0.6) is 5.75 Å². The van der Waals surface area contributed by atoms with Gasteiger partial charge < -0.3 is 15.4 Å². The number of carbonyl (C=O) groups is 1. The summed E-state index contributed by atoms with van der Waals surface area (Å²) >= 11 is 0. The summed E-state index contributed by atoms with van der Waals surface area (Å²) < 4.78 is 6.94. The largest absolute Gasteiger partial charge is 0.497 e. The molecule has 10 heteroatoms. The molecule has 0 aliphatic carbocycles. The van der Waals surface area contributed by atoms with Crippen LogP contribution in [0.4, 0.5) is 0 Å². The first kappa shape index (κ1) is 20.8. The fourth-order valence-corrected chi connectivity index (χ4v) is 3.49. The Bertz CT molecular complexity index is 918. The molecule has 0 spiro atoms. The summed E-state index contributed by atoms with van der Waals surface area (Å²) in [5.41, 5.74) is 0.203. The van der Waals surface area contributed by atoms with E-state index in [1.807, 2.05) is 36.5 Å². The summed E-state index contributed by atoms with van der Waals surface area (Å²) in [7, 11) is 1.63. The molecule has 1 aliphatic rings. The smallest absolute Gasteiger partial charge is 0.248 e. The summed E-state index contributed by atoms with van der Waals surface area (Å²) in [4.78, 5) is 17.5. The van der Waals surface area contributed by atoms with Gasteiger partial charge in [-0.15, -0.1) is 12.4 Å². The average Bonchev–Trinajstić information content (AvgIpc) is 3.45. The zero-order valence-electron chi connectivity index (χ0n) is 16.1. The van der Waals surface area contributed by atoms with Gasteiger partial charge in [-0.25, -0.2) is 4.98 Å². The fourth-order valence-electron chi connectivity index (χ4n) is 3.49. The molecule has 9 nitrogen and oxygen atoms in total. The minimum Gasteiger partial charge on any atom is -0.497 e. The Kier molecular flexibility index (Phi) is 6.50. The van der Waals surface area contributed by atoms with Gasteiger partial charge in [0.25, 0.3) is 0 Å². The van der Waals surface area contributed by atoms with Gasteiger partial charge in [-0.3, -0.25) is 14.6 Å². The Hall–Kier alpha value is -2.91. The third-order valence-corrected chi connectivity index (χ3v) is 5.09. The summed E-state index contributed by atoms with van der Waals surface area (Å²) in [6, 6.07) is 9.35. The molecule has 1 amide bonds. The molecule has 2 aromatic heterocycles. The van der Waals surface area contributed by atoms with Crippen molar-refractivity contribution in [2.75, 3.05) is 20.2 Å². The normalized spacial score (nSPS) is 15.3. The van der Waals surface area contributed by atoms with Gasteiger partial charge in [0.1, 0.15) is 17.1 Å². The van der Waals surface area contributed by atoms with Gasteiger partial charge in [0.2, 0.25) is 5.91 Å². The number of nitrogens with one attached hydrogen (secondary N) is 3. The van der Waals surface area contributed by atoms with Gasteiger partial charge in [-0.2, -0.15) is 10.2 Å². The van der Waals surface area contributed by atoms with E-state index in [-0.39, 0.29) is 24.9 Å². The predicted octanol–water partition coefficient (Wildman–Crippen LogP) is 1.49. The van der Waals surface area contributed by atoms with Crippen LogP contribution in [0.15, 0.2) is 42.7 Å². The Balaban J connectivity index is 0.00000240. The number of aromatic amines is 1. The zero-order valence-corrected chi connectivity index (χ0v) is 16.9. The van der Waals surface area contributed by atoms with Crippen molar-refractivity contribution in [3.63, 3.8) is 0 Å². The maximum Gasteiger partial charge on any atom is 0.248 e. The van der Waals surface area contributed by atoms with Gasteiger partial charge in [-0.05, 0) is 56.3 Å². The number of halogens is 1. The average molecular weight is 418 g/mol. The van der Waals surface area contributed by atoms with Crippen molar-refractivity contribution in [1.82, 2.24) is 35.6 Å². The number of rotatable bonds is 6. The molecule has 0 bridgehead atoms. The minimum absolute atomic E-state index is 0. The van der Waals surface area contributed by atoms with E-state index in [1.165, 1.54) is 0 Å². The maximum atomic E-state index is 13.1. The van der Waals surface area contributed by atoms with Gasteiger partial charge in [0, 0.05) is 18.0 Å². The van der Waals surface area contributed by atoms with E-state index in [9.17, 15) is 4.79 Å². The van der Waals surface area contributed by atoms with Crippen LogP contribution in [0.3, 0.4) is 0 Å². The predicted molar refractivity (Wildman–Crippen MR) is 110 cm³/mol. The molecule has 0 atom stereocenters. The third kappa shape index (κ3) is 4.25. The van der Waals surface area contributed by atoms with E-state index in [0.717, 1.165) is 24.4 Å². The second kappa shape index (κ2) is 9.06. The number of hydrogen-bond acceptors (Lipinski definition) is 6. The number of H-pyrrole nitrogens is 1. The van der Waals surface area contributed by atoms with Crippen molar-refractivity contribution in [2.24, 2.45) is 0 Å². The number of benzene rings is 1. The van der Waals surface area contributed by atoms with Gasteiger partial charge in [0.05, 0.1) is 13.7 Å². The highest BCUT2D eigenvalue weighted by Crippen LogP contribution is 2.27. The molecule has 1 saturated heterocycles. The van der Waals surface area contributed by atoms with E-state index < -0.39 is 5.54 Å². The lowest BCUT2D eigenvalue weighted by atomic mass is 9.87. The molecule has 3 aromatic rings. The molecule has 1 aliphatic heterocycles. The Labute approximate surface area is 174 Å². The molecule has 1 aromatic carbocycles. The van der Waals surface area contributed by atoms with E-state index >= 15 is 0 Å². The quantitative estimate of drug-likeness (QED) is 0.560. The highest BCUT2D eigenvalue weighted by molar-refractivity contribution is 5.85. The number of aromatic nitrogens is 5. The molecule has 3 N–H and O–H groups in total. The van der Waals surface area contributed by atoms with Gasteiger partial charge in [-0.1, -0.05) is 0 Å². The first-order valence-corrected chi connectivity index (χ1v) is 9.26. The van der Waals surface area contributed by atoms with Crippen molar-refractivity contribution < 1.29 is 9.53 Å². The molecule has 1 fully saturated rings. The molecule has 29 heavy (non-hydrogen) atoms. The monoisotopic (exact) mass is 417 g/mol. The molecular weight excluding hydrogens is 394 g/mol. The van der Waals surface area contributed by atoms with Crippen LogP contribution in [0, 0.1) is 0 Å². The zero-order chi connectivity index (χ0) is 19.4. The van der Waals surface area contributed by atoms with Crippen molar-refractivity contribution in [2.45, 2.75) is 24.9 Å². The first-order chi connectivity index (χ1) is 13.7. The minimum atomic E-state index is -0.673. The number of ether oxygens (including phenoxy) is 1. The molecule has 4 rings (SSSR count).